The summed E-state index contributed by atoms with van der Waals surface area (Å²) >= 11 is 0. The SMILES string of the molecule is CNCCCCCCNC(=O)CCCOC1OC(CO)C(O)C(O)C1NC(C)=O. The summed E-state index contributed by atoms with van der Waals surface area (Å²) in [5, 5.41) is 37.9. The van der Waals surface area contributed by atoms with Crippen molar-refractivity contribution in [3.05, 3.63) is 0 Å². The minimum atomic E-state index is -1.35. The van der Waals surface area contributed by atoms with Gasteiger partial charge in [0.2, 0.25) is 11.8 Å². The molecular weight excluding hydrogens is 382 g/mol. The molecule has 0 radical (unpaired) electrons. The first-order valence-electron chi connectivity index (χ1n) is 10.3. The molecule has 0 spiro atoms. The van der Waals surface area contributed by atoms with Crippen LogP contribution in [0, 0.1) is 0 Å². The summed E-state index contributed by atoms with van der Waals surface area (Å²) in [6, 6.07) is -0.970. The number of carbonyl (C=O) groups excluding carboxylic acids is 2. The van der Waals surface area contributed by atoms with E-state index in [4.69, 9.17) is 9.47 Å². The molecule has 0 bridgehead atoms. The number of unbranched alkanes of at least 4 members (excludes halogenated alkanes) is 3. The van der Waals surface area contributed by atoms with Gasteiger partial charge in [-0.2, -0.15) is 0 Å². The monoisotopic (exact) mass is 419 g/mol. The van der Waals surface area contributed by atoms with Gasteiger partial charge in [-0.25, -0.2) is 0 Å². The van der Waals surface area contributed by atoms with Gasteiger partial charge in [0.05, 0.1) is 13.2 Å². The van der Waals surface area contributed by atoms with Crippen molar-refractivity contribution in [3.63, 3.8) is 0 Å². The number of ether oxygens (including phenoxy) is 2. The van der Waals surface area contributed by atoms with E-state index in [2.05, 4.69) is 16.0 Å². The second-order valence-corrected chi connectivity index (χ2v) is 7.28. The molecule has 10 nitrogen and oxygen atoms in total. The van der Waals surface area contributed by atoms with Gasteiger partial charge in [-0.3, -0.25) is 9.59 Å². The maximum absolute atomic E-state index is 11.9. The predicted octanol–water partition coefficient (Wildman–Crippen LogP) is -1.38. The maximum atomic E-state index is 11.9. The minimum Gasteiger partial charge on any atom is -0.394 e. The largest absolute Gasteiger partial charge is 0.394 e. The van der Waals surface area contributed by atoms with E-state index < -0.39 is 43.2 Å². The second-order valence-electron chi connectivity index (χ2n) is 7.28. The van der Waals surface area contributed by atoms with Gasteiger partial charge in [0, 0.05) is 19.9 Å². The first-order chi connectivity index (χ1) is 13.9. The molecule has 0 aromatic heterocycles. The Morgan fingerprint density at radius 3 is 2.34 bits per heavy atom. The number of aliphatic hydroxyl groups is 3. The van der Waals surface area contributed by atoms with Gasteiger partial charge < -0.3 is 40.7 Å². The van der Waals surface area contributed by atoms with Gasteiger partial charge >= 0.3 is 0 Å². The standard InChI is InChI=1S/C19H37N3O7/c1-13(24)22-16-18(27)17(26)14(12-23)29-19(16)28-11-7-8-15(25)21-10-6-4-3-5-9-20-2/h14,16-20,23,26-27H,3-12H2,1-2H3,(H,21,25)(H,22,24). The topological polar surface area (TPSA) is 149 Å². The molecule has 1 saturated heterocycles. The van der Waals surface area contributed by atoms with Crippen LogP contribution < -0.4 is 16.0 Å². The second kappa shape index (κ2) is 14.6. The van der Waals surface area contributed by atoms with Crippen LogP contribution in [-0.2, 0) is 19.1 Å². The predicted molar refractivity (Wildman–Crippen MR) is 106 cm³/mol. The molecule has 0 aliphatic carbocycles. The van der Waals surface area contributed by atoms with Crippen molar-refractivity contribution in [1.82, 2.24) is 16.0 Å². The lowest BCUT2D eigenvalue weighted by Crippen LogP contribution is -2.64. The van der Waals surface area contributed by atoms with Crippen molar-refractivity contribution < 1.29 is 34.4 Å². The summed E-state index contributed by atoms with van der Waals surface area (Å²) in [6.45, 7) is 2.60. The smallest absolute Gasteiger partial charge is 0.220 e. The van der Waals surface area contributed by atoms with Crippen LogP contribution in [0.4, 0.5) is 0 Å². The van der Waals surface area contributed by atoms with Gasteiger partial charge in [-0.05, 0) is 32.9 Å². The van der Waals surface area contributed by atoms with Crippen LogP contribution in [0.25, 0.3) is 0 Å². The Morgan fingerprint density at radius 1 is 1.03 bits per heavy atom. The van der Waals surface area contributed by atoms with Crippen LogP contribution in [0.5, 0.6) is 0 Å². The van der Waals surface area contributed by atoms with Crippen LogP contribution in [0.15, 0.2) is 0 Å². The summed E-state index contributed by atoms with van der Waals surface area (Å²) in [4.78, 5) is 23.2. The third-order valence-corrected chi connectivity index (χ3v) is 4.76. The fourth-order valence-corrected chi connectivity index (χ4v) is 3.14. The third kappa shape index (κ3) is 9.83. The highest BCUT2D eigenvalue weighted by molar-refractivity contribution is 5.75. The fourth-order valence-electron chi connectivity index (χ4n) is 3.14. The zero-order valence-corrected chi connectivity index (χ0v) is 17.4. The molecule has 0 saturated carbocycles. The van der Waals surface area contributed by atoms with Crippen molar-refractivity contribution in [2.75, 3.05) is 33.4 Å². The zero-order valence-electron chi connectivity index (χ0n) is 17.4. The first-order valence-corrected chi connectivity index (χ1v) is 10.3. The van der Waals surface area contributed by atoms with Gasteiger partial charge in [-0.15, -0.1) is 0 Å². The van der Waals surface area contributed by atoms with Crippen molar-refractivity contribution in [2.24, 2.45) is 0 Å². The molecule has 6 N–H and O–H groups in total. The molecule has 1 aliphatic heterocycles. The van der Waals surface area contributed by atoms with Crippen molar-refractivity contribution >= 4 is 11.8 Å². The third-order valence-electron chi connectivity index (χ3n) is 4.76. The molecule has 1 heterocycles. The average Bonchev–Trinajstić information content (AvgIpc) is 2.69. The van der Waals surface area contributed by atoms with Crippen LogP contribution in [0.2, 0.25) is 0 Å². The van der Waals surface area contributed by atoms with E-state index in [1.54, 1.807) is 0 Å². The Balaban J connectivity index is 2.27. The highest BCUT2D eigenvalue weighted by atomic mass is 16.7. The lowest BCUT2D eigenvalue weighted by atomic mass is 9.97. The molecule has 2 amide bonds. The number of nitrogens with one attached hydrogen (secondary N) is 3. The number of hydrogen-bond donors (Lipinski definition) is 6. The summed E-state index contributed by atoms with van der Waals surface area (Å²) in [5.41, 5.74) is 0. The summed E-state index contributed by atoms with van der Waals surface area (Å²) < 4.78 is 11.0. The Bertz CT molecular complexity index is 481. The summed E-state index contributed by atoms with van der Waals surface area (Å²) in [6.07, 6.45) is 0.273. The van der Waals surface area contributed by atoms with Crippen molar-refractivity contribution in [3.8, 4) is 0 Å². The van der Waals surface area contributed by atoms with Gasteiger partial charge in [0.25, 0.3) is 0 Å². The van der Waals surface area contributed by atoms with Crippen LogP contribution >= 0.6 is 0 Å². The molecule has 170 valence electrons. The Morgan fingerprint density at radius 2 is 1.72 bits per heavy atom. The maximum Gasteiger partial charge on any atom is 0.220 e. The first kappa shape index (κ1) is 25.7. The number of carbonyl (C=O) groups is 2. The van der Waals surface area contributed by atoms with E-state index in [0.29, 0.717) is 13.0 Å². The molecule has 0 aromatic rings. The fraction of sp³-hybridized carbons (Fsp3) is 0.895. The molecule has 1 fully saturated rings. The highest BCUT2D eigenvalue weighted by Crippen LogP contribution is 2.22. The molecule has 5 atom stereocenters. The lowest BCUT2D eigenvalue weighted by molar-refractivity contribution is -0.270. The number of hydrogen-bond acceptors (Lipinski definition) is 8. The van der Waals surface area contributed by atoms with E-state index in [0.717, 1.165) is 32.2 Å². The van der Waals surface area contributed by atoms with Crippen LogP contribution in [0.3, 0.4) is 0 Å². The Hall–Kier alpha value is -1.30. The summed E-state index contributed by atoms with van der Waals surface area (Å²) in [5.74, 6) is -0.471. The molecule has 0 aromatic carbocycles. The van der Waals surface area contributed by atoms with E-state index in [-0.39, 0.29) is 18.9 Å². The Labute approximate surface area is 172 Å². The van der Waals surface area contributed by atoms with E-state index >= 15 is 0 Å². The zero-order chi connectivity index (χ0) is 21.6. The van der Waals surface area contributed by atoms with Gasteiger partial charge in [-0.1, -0.05) is 12.8 Å². The molecule has 1 aliphatic rings. The summed E-state index contributed by atoms with van der Waals surface area (Å²) in [7, 11) is 1.93. The minimum absolute atomic E-state index is 0.0597. The molecule has 10 heteroatoms. The number of amides is 2. The number of rotatable bonds is 14. The van der Waals surface area contributed by atoms with Gasteiger partial charge in [0.1, 0.15) is 24.4 Å². The molecule has 1 rings (SSSR count). The normalized spacial score (nSPS) is 26.9. The number of aliphatic hydroxyl groups excluding tert-OH is 3. The van der Waals surface area contributed by atoms with Gasteiger partial charge in [0.15, 0.2) is 6.29 Å². The van der Waals surface area contributed by atoms with E-state index in [1.165, 1.54) is 6.92 Å². The average molecular weight is 420 g/mol. The van der Waals surface area contributed by atoms with Crippen LogP contribution in [-0.4, -0.2) is 91.1 Å². The molecular formula is C19H37N3O7. The Kier molecular flexibility index (Phi) is 13.0. The van der Waals surface area contributed by atoms with Crippen LogP contribution in [0.1, 0.15) is 45.4 Å². The quantitative estimate of drug-likeness (QED) is 0.189. The molecule has 5 unspecified atom stereocenters. The van der Waals surface area contributed by atoms with Crippen molar-refractivity contribution in [2.45, 2.75) is 76.1 Å². The lowest BCUT2D eigenvalue weighted by Gasteiger charge is -2.42. The van der Waals surface area contributed by atoms with Crippen molar-refractivity contribution in [1.29, 1.82) is 0 Å². The highest BCUT2D eigenvalue weighted by Gasteiger charge is 2.45. The van der Waals surface area contributed by atoms with E-state index in [9.17, 15) is 24.9 Å². The van der Waals surface area contributed by atoms with E-state index in [1.807, 2.05) is 7.05 Å². The molecule has 29 heavy (non-hydrogen) atoms.